The van der Waals surface area contributed by atoms with Crippen molar-refractivity contribution >= 4 is 33.3 Å². The zero-order valence-electron chi connectivity index (χ0n) is 13.2. The maximum atomic E-state index is 12.9. The maximum Gasteiger partial charge on any atom is 0.416 e. The molecule has 0 saturated carbocycles. The lowest BCUT2D eigenvalue weighted by molar-refractivity contribution is -0.137. The van der Waals surface area contributed by atoms with Gasteiger partial charge < -0.3 is 5.32 Å². The first-order valence-electron chi connectivity index (χ1n) is 7.52. The Hall–Kier alpha value is -2.12. The summed E-state index contributed by atoms with van der Waals surface area (Å²) < 4.78 is 39.6. The summed E-state index contributed by atoms with van der Waals surface area (Å²) in [7, 11) is 0. The predicted octanol–water partition coefficient (Wildman–Crippen LogP) is 6.19. The van der Waals surface area contributed by atoms with Gasteiger partial charge in [-0.05, 0) is 29.8 Å². The molecule has 1 N–H and O–H groups in total. The molecule has 3 rings (SSSR count). The molecule has 3 nitrogen and oxygen atoms in total. The Morgan fingerprint density at radius 2 is 1.77 bits per heavy atom. The van der Waals surface area contributed by atoms with E-state index < -0.39 is 11.7 Å². The molecule has 0 spiro atoms. The molecule has 26 heavy (non-hydrogen) atoms. The number of halogens is 5. The van der Waals surface area contributed by atoms with Gasteiger partial charge >= 0.3 is 6.18 Å². The molecule has 0 radical (unpaired) electrons. The summed E-state index contributed by atoms with van der Waals surface area (Å²) in [5.74, 6) is 0.553. The van der Waals surface area contributed by atoms with Gasteiger partial charge in [0.15, 0.2) is 5.82 Å². The average Bonchev–Trinajstić information content (AvgIpc) is 2.59. The smallest absolute Gasteiger partial charge is 0.366 e. The lowest BCUT2D eigenvalue weighted by atomic mass is 10.1. The molecule has 3 aromatic rings. The summed E-state index contributed by atoms with van der Waals surface area (Å²) in [6, 6.07) is 14.1. The molecule has 0 aliphatic rings. The van der Waals surface area contributed by atoms with Crippen molar-refractivity contribution < 1.29 is 13.2 Å². The minimum Gasteiger partial charge on any atom is -0.366 e. The zero-order valence-corrected chi connectivity index (χ0v) is 15.5. The van der Waals surface area contributed by atoms with Crippen molar-refractivity contribution in [1.29, 1.82) is 0 Å². The van der Waals surface area contributed by atoms with Crippen molar-refractivity contribution in [2.75, 3.05) is 5.32 Å². The molecule has 1 aromatic heterocycles. The third-order valence-electron chi connectivity index (χ3n) is 3.51. The highest BCUT2D eigenvalue weighted by atomic mass is 79.9. The number of alkyl halides is 3. The van der Waals surface area contributed by atoms with E-state index in [-0.39, 0.29) is 16.5 Å². The summed E-state index contributed by atoms with van der Waals surface area (Å²) in [6.45, 7) is 0.481. The zero-order chi connectivity index (χ0) is 18.7. The molecule has 8 heteroatoms. The van der Waals surface area contributed by atoms with Crippen LogP contribution in [0.5, 0.6) is 0 Å². The van der Waals surface area contributed by atoms with E-state index in [0.29, 0.717) is 12.4 Å². The summed E-state index contributed by atoms with van der Waals surface area (Å²) in [6.07, 6.45) is -4.43. The fraction of sp³-hybridized carbons (Fsp3) is 0.111. The fourth-order valence-corrected chi connectivity index (χ4v) is 2.94. The average molecular weight is 443 g/mol. The van der Waals surface area contributed by atoms with E-state index in [1.54, 1.807) is 0 Å². The second kappa shape index (κ2) is 7.63. The van der Waals surface area contributed by atoms with Gasteiger partial charge in [-0.2, -0.15) is 13.2 Å². The van der Waals surface area contributed by atoms with Crippen molar-refractivity contribution in [2.24, 2.45) is 0 Å². The van der Waals surface area contributed by atoms with Crippen molar-refractivity contribution in [1.82, 2.24) is 9.97 Å². The van der Waals surface area contributed by atoms with Crippen molar-refractivity contribution in [3.63, 3.8) is 0 Å². The third-order valence-corrected chi connectivity index (χ3v) is 4.19. The van der Waals surface area contributed by atoms with E-state index in [0.717, 1.165) is 22.2 Å². The van der Waals surface area contributed by atoms with Crippen LogP contribution in [-0.2, 0) is 12.7 Å². The first kappa shape index (κ1) is 18.7. The molecular formula is C18H12BrClF3N3. The Bertz CT molecular complexity index is 932. The van der Waals surface area contributed by atoms with E-state index >= 15 is 0 Å². The van der Waals surface area contributed by atoms with Crippen LogP contribution >= 0.6 is 27.5 Å². The molecule has 0 aliphatic carbocycles. The predicted molar refractivity (Wildman–Crippen MR) is 98.9 cm³/mol. The van der Waals surface area contributed by atoms with Crippen LogP contribution in [0.4, 0.5) is 19.0 Å². The number of benzene rings is 2. The first-order valence-corrected chi connectivity index (χ1v) is 8.69. The van der Waals surface area contributed by atoms with E-state index in [1.165, 1.54) is 18.2 Å². The summed E-state index contributed by atoms with van der Waals surface area (Å²) in [5.41, 5.74) is 0.491. The molecular weight excluding hydrogens is 431 g/mol. The Labute approximate surface area is 161 Å². The van der Waals surface area contributed by atoms with Crippen LogP contribution in [0.15, 0.2) is 59.1 Å². The van der Waals surface area contributed by atoms with E-state index in [9.17, 15) is 13.2 Å². The Kier molecular flexibility index (Phi) is 5.48. The van der Waals surface area contributed by atoms with Gasteiger partial charge in [0.05, 0.1) is 5.56 Å². The summed E-state index contributed by atoms with van der Waals surface area (Å²) >= 11 is 9.41. The van der Waals surface area contributed by atoms with Crippen LogP contribution in [0.3, 0.4) is 0 Å². The Balaban J connectivity index is 1.86. The molecule has 0 amide bonds. The second-order valence-corrected chi connectivity index (χ2v) is 6.76. The number of hydrogen-bond acceptors (Lipinski definition) is 3. The van der Waals surface area contributed by atoms with Gasteiger partial charge in [0.25, 0.3) is 0 Å². The summed E-state index contributed by atoms with van der Waals surface area (Å²) in [5, 5.41) is 3.25. The highest BCUT2D eigenvalue weighted by Crippen LogP contribution is 2.32. The highest BCUT2D eigenvalue weighted by molar-refractivity contribution is 9.10. The maximum absolute atomic E-state index is 12.9. The molecule has 0 aliphatic heterocycles. The van der Waals surface area contributed by atoms with Gasteiger partial charge in [0.2, 0.25) is 0 Å². The summed E-state index contributed by atoms with van der Waals surface area (Å²) in [4.78, 5) is 8.31. The quantitative estimate of drug-likeness (QED) is 0.490. The number of aromatic nitrogens is 2. The monoisotopic (exact) mass is 441 g/mol. The number of anilines is 1. The fourth-order valence-electron chi connectivity index (χ4n) is 2.31. The molecule has 0 fully saturated rings. The van der Waals surface area contributed by atoms with Crippen LogP contribution < -0.4 is 5.32 Å². The van der Waals surface area contributed by atoms with Crippen molar-refractivity contribution in [3.8, 4) is 11.4 Å². The van der Waals surface area contributed by atoms with Gasteiger partial charge in [-0.25, -0.2) is 9.97 Å². The minimum absolute atomic E-state index is 0.125. The molecule has 0 unspecified atom stereocenters. The molecule has 0 atom stereocenters. The molecule has 2 aromatic carbocycles. The van der Waals surface area contributed by atoms with Gasteiger partial charge in [0, 0.05) is 22.6 Å². The highest BCUT2D eigenvalue weighted by Gasteiger charge is 2.30. The van der Waals surface area contributed by atoms with Crippen LogP contribution in [0, 0.1) is 0 Å². The number of hydrogen-bond donors (Lipinski definition) is 1. The van der Waals surface area contributed by atoms with Crippen LogP contribution in [0.2, 0.25) is 5.15 Å². The lowest BCUT2D eigenvalue weighted by Gasteiger charge is -2.10. The topological polar surface area (TPSA) is 37.8 Å². The number of rotatable bonds is 4. The van der Waals surface area contributed by atoms with Crippen LogP contribution in [0.1, 0.15) is 11.1 Å². The van der Waals surface area contributed by atoms with Gasteiger partial charge in [0.1, 0.15) is 11.0 Å². The van der Waals surface area contributed by atoms with E-state index in [2.05, 4.69) is 31.2 Å². The van der Waals surface area contributed by atoms with Gasteiger partial charge in [-0.3, -0.25) is 0 Å². The van der Waals surface area contributed by atoms with Crippen LogP contribution in [-0.4, -0.2) is 9.97 Å². The lowest BCUT2D eigenvalue weighted by Crippen LogP contribution is -2.06. The SMILES string of the molecule is FC(F)(F)c1cccc(-c2nc(Cl)cc(NCc3cccc(Br)c3)n2)c1. The van der Waals surface area contributed by atoms with Crippen molar-refractivity contribution in [3.05, 3.63) is 75.4 Å². The van der Waals surface area contributed by atoms with Crippen LogP contribution in [0.25, 0.3) is 11.4 Å². The number of nitrogens with zero attached hydrogens (tertiary/aromatic N) is 2. The third kappa shape index (κ3) is 4.74. The largest absolute Gasteiger partial charge is 0.416 e. The minimum atomic E-state index is -4.43. The Morgan fingerprint density at radius 1 is 1.00 bits per heavy atom. The Morgan fingerprint density at radius 3 is 2.50 bits per heavy atom. The van der Waals surface area contributed by atoms with E-state index in [1.807, 2.05) is 24.3 Å². The molecule has 0 saturated heterocycles. The second-order valence-electron chi connectivity index (χ2n) is 5.46. The molecule has 0 bridgehead atoms. The van der Waals surface area contributed by atoms with Gasteiger partial charge in [-0.15, -0.1) is 0 Å². The first-order chi connectivity index (χ1) is 12.3. The van der Waals surface area contributed by atoms with Crippen molar-refractivity contribution in [2.45, 2.75) is 12.7 Å². The molecule has 1 heterocycles. The normalized spacial score (nSPS) is 11.4. The molecule has 134 valence electrons. The van der Waals surface area contributed by atoms with Gasteiger partial charge in [-0.1, -0.05) is 51.8 Å². The number of nitrogens with one attached hydrogen (secondary N) is 1. The standard InChI is InChI=1S/C18H12BrClF3N3/c19-14-6-1-3-11(7-14)10-24-16-9-15(20)25-17(26-16)12-4-2-5-13(8-12)18(21,22)23/h1-9H,10H2,(H,24,25,26). The van der Waals surface area contributed by atoms with E-state index in [4.69, 9.17) is 11.6 Å².